The molecule has 0 bridgehead atoms. The Balaban J connectivity index is 1.61. The SMILES string of the molecule is CC[C@H](CCCN)n1c(=O)c(-c2ccc(-c3cncc(C)n3)cc2Cl)cc2cnc(NC3CCCCC3)nc21. The van der Waals surface area contributed by atoms with Crippen molar-refractivity contribution in [3.8, 4) is 22.4 Å². The van der Waals surface area contributed by atoms with Crippen molar-refractivity contribution in [2.75, 3.05) is 11.9 Å². The topological polar surface area (TPSA) is 112 Å². The smallest absolute Gasteiger partial charge is 0.260 e. The molecule has 8 nitrogen and oxygen atoms in total. The lowest BCUT2D eigenvalue weighted by atomic mass is 9.96. The molecule has 1 atom stereocenters. The maximum Gasteiger partial charge on any atom is 0.260 e. The van der Waals surface area contributed by atoms with Gasteiger partial charge in [0.2, 0.25) is 5.95 Å². The minimum Gasteiger partial charge on any atom is -0.351 e. The van der Waals surface area contributed by atoms with Crippen molar-refractivity contribution >= 4 is 28.6 Å². The molecular formula is C30H36ClN7O. The maximum absolute atomic E-state index is 14.2. The van der Waals surface area contributed by atoms with Gasteiger partial charge in [0.25, 0.3) is 5.56 Å². The number of rotatable bonds is 9. The Morgan fingerprint density at radius 1 is 1.10 bits per heavy atom. The summed E-state index contributed by atoms with van der Waals surface area (Å²) in [6.07, 6.45) is 13.6. The Hall–Kier alpha value is -3.36. The summed E-state index contributed by atoms with van der Waals surface area (Å²) < 4.78 is 1.84. The van der Waals surface area contributed by atoms with E-state index in [0.717, 1.165) is 54.4 Å². The van der Waals surface area contributed by atoms with Gasteiger partial charge in [0.15, 0.2) is 0 Å². The van der Waals surface area contributed by atoms with Gasteiger partial charge in [-0.05, 0) is 57.7 Å². The predicted octanol–water partition coefficient (Wildman–Crippen LogP) is 6.31. The number of halogens is 1. The van der Waals surface area contributed by atoms with Crippen LogP contribution in [0.1, 0.15) is 70.0 Å². The van der Waals surface area contributed by atoms with Crippen LogP contribution in [-0.4, -0.2) is 37.1 Å². The van der Waals surface area contributed by atoms with Crippen molar-refractivity contribution < 1.29 is 0 Å². The third-order valence-electron chi connectivity index (χ3n) is 7.60. The number of hydrogen-bond donors (Lipinski definition) is 2. The van der Waals surface area contributed by atoms with E-state index < -0.39 is 0 Å². The highest BCUT2D eigenvalue weighted by Gasteiger charge is 2.21. The molecule has 39 heavy (non-hydrogen) atoms. The zero-order valence-corrected chi connectivity index (χ0v) is 23.4. The zero-order chi connectivity index (χ0) is 27.4. The molecule has 0 spiro atoms. The second-order valence-electron chi connectivity index (χ2n) is 10.4. The Morgan fingerprint density at radius 3 is 2.64 bits per heavy atom. The lowest BCUT2D eigenvalue weighted by Gasteiger charge is -2.24. The van der Waals surface area contributed by atoms with Gasteiger partial charge in [-0.15, -0.1) is 0 Å². The fraction of sp³-hybridized carbons (Fsp3) is 0.433. The van der Waals surface area contributed by atoms with Crippen LogP contribution >= 0.6 is 11.6 Å². The second kappa shape index (κ2) is 12.2. The molecule has 3 N–H and O–H groups in total. The standard InChI is InChI=1S/C30H36ClN7O/c1-3-23(10-7-13-32)38-28-21(17-34-30(37-28)36-22-8-5-4-6-9-22)14-25(29(38)39)24-12-11-20(15-26(24)31)27-18-33-16-19(2)35-27/h11-12,14-18,22-23H,3-10,13,32H2,1-2H3,(H,34,36,37)/t23-/m1/s1. The highest BCUT2D eigenvalue weighted by Crippen LogP contribution is 2.33. The van der Waals surface area contributed by atoms with E-state index in [0.29, 0.717) is 40.3 Å². The van der Waals surface area contributed by atoms with Gasteiger partial charge < -0.3 is 11.1 Å². The average molecular weight is 546 g/mol. The molecule has 4 aromatic rings. The van der Waals surface area contributed by atoms with Crippen LogP contribution in [0.3, 0.4) is 0 Å². The van der Waals surface area contributed by atoms with Gasteiger partial charge in [-0.1, -0.05) is 49.9 Å². The maximum atomic E-state index is 14.2. The molecule has 0 aliphatic heterocycles. The molecule has 1 aliphatic rings. The molecule has 1 aromatic carbocycles. The minimum absolute atomic E-state index is 0.0402. The first-order valence-corrected chi connectivity index (χ1v) is 14.3. The Morgan fingerprint density at radius 2 is 1.92 bits per heavy atom. The number of aromatic nitrogens is 5. The number of hydrogen-bond acceptors (Lipinski definition) is 7. The van der Waals surface area contributed by atoms with E-state index in [1.54, 1.807) is 12.4 Å². The second-order valence-corrected chi connectivity index (χ2v) is 10.8. The molecule has 0 amide bonds. The lowest BCUT2D eigenvalue weighted by molar-refractivity contribution is 0.440. The Bertz CT molecular complexity index is 1510. The highest BCUT2D eigenvalue weighted by atomic mass is 35.5. The molecule has 0 unspecified atom stereocenters. The van der Waals surface area contributed by atoms with Crippen LogP contribution in [0.5, 0.6) is 0 Å². The summed E-state index contributed by atoms with van der Waals surface area (Å²) in [5.41, 5.74) is 9.98. The summed E-state index contributed by atoms with van der Waals surface area (Å²) in [5, 5.41) is 4.79. The molecule has 9 heteroatoms. The normalized spacial score (nSPS) is 15.0. The quantitative estimate of drug-likeness (QED) is 0.253. The van der Waals surface area contributed by atoms with E-state index in [-0.39, 0.29) is 11.6 Å². The summed E-state index contributed by atoms with van der Waals surface area (Å²) >= 11 is 6.81. The van der Waals surface area contributed by atoms with Crippen LogP contribution in [0.4, 0.5) is 5.95 Å². The zero-order valence-electron chi connectivity index (χ0n) is 22.7. The molecule has 0 radical (unpaired) electrons. The first-order chi connectivity index (χ1) is 19.0. The molecule has 204 valence electrons. The van der Waals surface area contributed by atoms with Crippen molar-refractivity contribution in [1.82, 2.24) is 24.5 Å². The van der Waals surface area contributed by atoms with E-state index in [9.17, 15) is 4.79 Å². The van der Waals surface area contributed by atoms with E-state index in [1.165, 1.54) is 19.3 Å². The van der Waals surface area contributed by atoms with E-state index in [1.807, 2.05) is 42.0 Å². The van der Waals surface area contributed by atoms with Crippen molar-refractivity contribution in [3.63, 3.8) is 0 Å². The Kier molecular flexibility index (Phi) is 8.53. The van der Waals surface area contributed by atoms with Crippen molar-refractivity contribution in [2.24, 2.45) is 5.73 Å². The lowest BCUT2D eigenvalue weighted by Crippen LogP contribution is -2.28. The number of pyridine rings is 1. The number of aryl methyl sites for hydroxylation is 1. The summed E-state index contributed by atoms with van der Waals surface area (Å²) in [6, 6.07) is 7.84. The molecule has 3 aromatic heterocycles. The monoisotopic (exact) mass is 545 g/mol. The number of anilines is 1. The van der Waals surface area contributed by atoms with Gasteiger partial charge in [0.1, 0.15) is 5.65 Å². The van der Waals surface area contributed by atoms with Gasteiger partial charge in [0.05, 0.1) is 17.6 Å². The van der Waals surface area contributed by atoms with Crippen LogP contribution < -0.4 is 16.6 Å². The average Bonchev–Trinajstić information content (AvgIpc) is 2.95. The van der Waals surface area contributed by atoms with Gasteiger partial charge in [-0.2, -0.15) is 4.98 Å². The summed E-state index contributed by atoms with van der Waals surface area (Å²) in [6.45, 7) is 4.57. The molecule has 3 heterocycles. The van der Waals surface area contributed by atoms with Gasteiger partial charge in [-0.3, -0.25) is 14.3 Å². The number of benzene rings is 1. The highest BCUT2D eigenvalue weighted by molar-refractivity contribution is 6.33. The van der Waals surface area contributed by atoms with E-state index in [2.05, 4.69) is 27.2 Å². The molecular weight excluding hydrogens is 510 g/mol. The predicted molar refractivity (Wildman–Crippen MR) is 158 cm³/mol. The first-order valence-electron chi connectivity index (χ1n) is 14.0. The van der Waals surface area contributed by atoms with E-state index >= 15 is 0 Å². The van der Waals surface area contributed by atoms with Gasteiger partial charge >= 0.3 is 0 Å². The first kappa shape index (κ1) is 27.2. The third-order valence-corrected chi connectivity index (χ3v) is 7.91. The third kappa shape index (κ3) is 5.97. The van der Waals surface area contributed by atoms with Crippen LogP contribution in [-0.2, 0) is 0 Å². The van der Waals surface area contributed by atoms with Crippen LogP contribution in [0.15, 0.2) is 47.7 Å². The fourth-order valence-corrected chi connectivity index (χ4v) is 5.80. The fourth-order valence-electron chi connectivity index (χ4n) is 5.52. The summed E-state index contributed by atoms with van der Waals surface area (Å²) in [7, 11) is 0. The number of nitrogens with one attached hydrogen (secondary N) is 1. The summed E-state index contributed by atoms with van der Waals surface area (Å²) in [4.78, 5) is 32.5. The molecule has 1 fully saturated rings. The molecule has 0 saturated heterocycles. The van der Waals surface area contributed by atoms with Crippen molar-refractivity contribution in [3.05, 3.63) is 63.9 Å². The van der Waals surface area contributed by atoms with Crippen LogP contribution in [0.2, 0.25) is 5.02 Å². The van der Waals surface area contributed by atoms with Crippen LogP contribution in [0.25, 0.3) is 33.4 Å². The molecule has 1 saturated carbocycles. The number of nitrogens with zero attached hydrogens (tertiary/aromatic N) is 5. The Labute approximate surface area is 234 Å². The minimum atomic E-state index is -0.112. The van der Waals surface area contributed by atoms with Gasteiger partial charge in [-0.25, -0.2) is 9.97 Å². The van der Waals surface area contributed by atoms with Crippen molar-refractivity contribution in [1.29, 1.82) is 0 Å². The molecule has 5 rings (SSSR count). The number of nitrogens with two attached hydrogens (primary N) is 1. The van der Waals surface area contributed by atoms with Crippen LogP contribution in [0, 0.1) is 6.92 Å². The molecule has 1 aliphatic carbocycles. The number of fused-ring (bicyclic) bond motifs is 1. The van der Waals surface area contributed by atoms with Gasteiger partial charge in [0, 0.05) is 51.6 Å². The summed E-state index contributed by atoms with van der Waals surface area (Å²) in [5.74, 6) is 0.575. The van der Waals surface area contributed by atoms with E-state index in [4.69, 9.17) is 22.3 Å². The largest absolute Gasteiger partial charge is 0.351 e. The van der Waals surface area contributed by atoms with Crippen molar-refractivity contribution in [2.45, 2.75) is 77.3 Å².